The molecule has 0 saturated carbocycles. The van der Waals surface area contributed by atoms with Crippen molar-refractivity contribution in [1.82, 2.24) is 9.97 Å². The number of ether oxygens (including phenoxy) is 1. The first-order chi connectivity index (χ1) is 9.66. The molecule has 104 valence electrons. The number of esters is 1. The number of carbonyl (C=O) groups is 1. The molecule has 0 bridgehead atoms. The molecule has 5 heteroatoms. The normalized spacial score (nSPS) is 10.3. The van der Waals surface area contributed by atoms with Crippen LogP contribution in [0.25, 0.3) is 0 Å². The minimum absolute atomic E-state index is 0.157. The van der Waals surface area contributed by atoms with E-state index in [0.29, 0.717) is 17.9 Å². The molecule has 0 aromatic carbocycles. The van der Waals surface area contributed by atoms with Gasteiger partial charge >= 0.3 is 5.97 Å². The molecule has 5 nitrogen and oxygen atoms in total. The van der Waals surface area contributed by atoms with Crippen LogP contribution in [0.5, 0.6) is 0 Å². The number of nitrogens with zero attached hydrogens (tertiary/aromatic N) is 2. The molecule has 0 spiro atoms. The molecule has 20 heavy (non-hydrogen) atoms. The van der Waals surface area contributed by atoms with Gasteiger partial charge in [-0.3, -0.25) is 4.98 Å². The van der Waals surface area contributed by atoms with Crippen LogP contribution in [0.4, 0.5) is 5.82 Å². The maximum absolute atomic E-state index is 12.0. The van der Waals surface area contributed by atoms with Crippen molar-refractivity contribution in [3.05, 3.63) is 54.0 Å². The molecular formula is C15H17N3O2. The number of nitrogens with one attached hydrogen (secondary N) is 1. The second-order valence-electron chi connectivity index (χ2n) is 4.56. The van der Waals surface area contributed by atoms with Gasteiger partial charge in [0.05, 0.1) is 6.10 Å². The summed E-state index contributed by atoms with van der Waals surface area (Å²) in [6.07, 6.45) is 4.93. The molecule has 0 aliphatic carbocycles. The lowest BCUT2D eigenvalue weighted by atomic mass is 10.2. The van der Waals surface area contributed by atoms with Crippen molar-refractivity contribution in [2.45, 2.75) is 26.5 Å². The smallest absolute Gasteiger partial charge is 0.342 e. The zero-order chi connectivity index (χ0) is 14.4. The monoisotopic (exact) mass is 271 g/mol. The van der Waals surface area contributed by atoms with E-state index in [2.05, 4.69) is 15.3 Å². The number of hydrogen-bond acceptors (Lipinski definition) is 5. The van der Waals surface area contributed by atoms with Crippen LogP contribution in [0.3, 0.4) is 0 Å². The van der Waals surface area contributed by atoms with Gasteiger partial charge < -0.3 is 10.1 Å². The van der Waals surface area contributed by atoms with E-state index >= 15 is 0 Å². The number of aromatic nitrogens is 2. The summed E-state index contributed by atoms with van der Waals surface area (Å²) in [5.41, 5.74) is 1.50. The Morgan fingerprint density at radius 2 is 2.00 bits per heavy atom. The van der Waals surface area contributed by atoms with E-state index in [-0.39, 0.29) is 12.1 Å². The maximum atomic E-state index is 12.0. The molecular weight excluding hydrogens is 254 g/mol. The largest absolute Gasteiger partial charge is 0.459 e. The lowest BCUT2D eigenvalue weighted by molar-refractivity contribution is 0.0378. The van der Waals surface area contributed by atoms with E-state index in [1.807, 2.05) is 26.0 Å². The minimum Gasteiger partial charge on any atom is -0.459 e. The summed E-state index contributed by atoms with van der Waals surface area (Å²) in [6, 6.07) is 7.23. The van der Waals surface area contributed by atoms with Crippen molar-refractivity contribution in [1.29, 1.82) is 0 Å². The quantitative estimate of drug-likeness (QED) is 0.847. The Hall–Kier alpha value is -2.43. The van der Waals surface area contributed by atoms with Crippen LogP contribution in [-0.4, -0.2) is 22.0 Å². The van der Waals surface area contributed by atoms with Gasteiger partial charge in [0.15, 0.2) is 0 Å². The van der Waals surface area contributed by atoms with Gasteiger partial charge in [0.1, 0.15) is 11.4 Å². The molecule has 2 aromatic rings. The van der Waals surface area contributed by atoms with Gasteiger partial charge in [0.2, 0.25) is 0 Å². The lowest BCUT2D eigenvalue weighted by Gasteiger charge is -2.12. The van der Waals surface area contributed by atoms with Crippen molar-refractivity contribution in [2.24, 2.45) is 0 Å². The highest BCUT2D eigenvalue weighted by atomic mass is 16.5. The molecule has 0 fully saturated rings. The fraction of sp³-hybridized carbons (Fsp3) is 0.267. The molecule has 0 amide bonds. The summed E-state index contributed by atoms with van der Waals surface area (Å²) in [6.45, 7) is 4.21. The summed E-state index contributed by atoms with van der Waals surface area (Å²) in [5.74, 6) is 0.153. The van der Waals surface area contributed by atoms with Crippen LogP contribution in [0.15, 0.2) is 42.9 Å². The maximum Gasteiger partial charge on any atom is 0.342 e. The first-order valence-electron chi connectivity index (χ1n) is 6.45. The predicted molar refractivity (Wildman–Crippen MR) is 76.4 cm³/mol. The van der Waals surface area contributed by atoms with Crippen molar-refractivity contribution in [2.75, 3.05) is 5.32 Å². The Balaban J connectivity index is 2.10. The SMILES string of the molecule is CC(C)OC(=O)c1cccnc1NCc1ccncc1. The Kier molecular flexibility index (Phi) is 4.65. The topological polar surface area (TPSA) is 64.1 Å². The van der Waals surface area contributed by atoms with Crippen LogP contribution in [-0.2, 0) is 11.3 Å². The third-order valence-electron chi connectivity index (χ3n) is 2.58. The van der Waals surface area contributed by atoms with Crippen LogP contribution < -0.4 is 5.32 Å². The predicted octanol–water partition coefficient (Wildman–Crippen LogP) is 2.65. The van der Waals surface area contributed by atoms with E-state index in [1.165, 1.54) is 0 Å². The second kappa shape index (κ2) is 6.65. The van der Waals surface area contributed by atoms with Crippen molar-refractivity contribution in [3.63, 3.8) is 0 Å². The highest BCUT2D eigenvalue weighted by Gasteiger charge is 2.14. The average molecular weight is 271 g/mol. The average Bonchev–Trinajstić information content (AvgIpc) is 2.46. The number of rotatable bonds is 5. The van der Waals surface area contributed by atoms with Gasteiger partial charge in [0, 0.05) is 25.1 Å². The van der Waals surface area contributed by atoms with Gasteiger partial charge in [-0.2, -0.15) is 0 Å². The van der Waals surface area contributed by atoms with Crippen LogP contribution >= 0.6 is 0 Å². The highest BCUT2D eigenvalue weighted by molar-refractivity contribution is 5.94. The van der Waals surface area contributed by atoms with Crippen molar-refractivity contribution in [3.8, 4) is 0 Å². The number of pyridine rings is 2. The number of anilines is 1. The molecule has 2 aromatic heterocycles. The van der Waals surface area contributed by atoms with Crippen LogP contribution in [0.1, 0.15) is 29.8 Å². The lowest BCUT2D eigenvalue weighted by Crippen LogP contribution is -2.15. The standard InChI is InChI=1S/C15H17N3O2/c1-11(2)20-15(19)13-4-3-7-17-14(13)18-10-12-5-8-16-9-6-12/h3-9,11H,10H2,1-2H3,(H,17,18). The molecule has 0 aliphatic heterocycles. The summed E-state index contributed by atoms with van der Waals surface area (Å²) in [4.78, 5) is 20.1. The van der Waals surface area contributed by atoms with Gasteiger partial charge in [-0.15, -0.1) is 0 Å². The summed E-state index contributed by atoms with van der Waals surface area (Å²) >= 11 is 0. The first kappa shape index (κ1) is 14.0. The Bertz CT molecular complexity index is 570. The van der Waals surface area contributed by atoms with E-state index in [0.717, 1.165) is 5.56 Å². The fourth-order valence-corrected chi connectivity index (χ4v) is 1.67. The third kappa shape index (κ3) is 3.78. The second-order valence-corrected chi connectivity index (χ2v) is 4.56. The Morgan fingerprint density at radius 3 is 2.70 bits per heavy atom. The van der Waals surface area contributed by atoms with Crippen molar-refractivity contribution >= 4 is 11.8 Å². The third-order valence-corrected chi connectivity index (χ3v) is 2.58. The van der Waals surface area contributed by atoms with Gasteiger partial charge in [-0.25, -0.2) is 9.78 Å². The molecule has 0 aliphatic rings. The molecule has 0 atom stereocenters. The molecule has 2 rings (SSSR count). The number of carbonyl (C=O) groups excluding carboxylic acids is 1. The van der Waals surface area contributed by atoms with Crippen LogP contribution in [0.2, 0.25) is 0 Å². The Labute approximate surface area is 118 Å². The van der Waals surface area contributed by atoms with E-state index in [9.17, 15) is 4.79 Å². The summed E-state index contributed by atoms with van der Waals surface area (Å²) < 4.78 is 5.20. The van der Waals surface area contributed by atoms with Crippen LogP contribution in [0, 0.1) is 0 Å². The van der Waals surface area contributed by atoms with E-state index < -0.39 is 0 Å². The van der Waals surface area contributed by atoms with Gasteiger partial charge in [-0.1, -0.05) is 0 Å². The first-order valence-corrected chi connectivity index (χ1v) is 6.45. The summed E-state index contributed by atoms with van der Waals surface area (Å²) in [5, 5.41) is 3.14. The van der Waals surface area contributed by atoms with E-state index in [4.69, 9.17) is 4.74 Å². The molecule has 0 saturated heterocycles. The zero-order valence-electron chi connectivity index (χ0n) is 11.5. The molecule has 1 N–H and O–H groups in total. The fourth-order valence-electron chi connectivity index (χ4n) is 1.67. The molecule has 0 unspecified atom stereocenters. The van der Waals surface area contributed by atoms with Gasteiger partial charge in [0.25, 0.3) is 0 Å². The van der Waals surface area contributed by atoms with E-state index in [1.54, 1.807) is 30.7 Å². The Morgan fingerprint density at radius 1 is 1.25 bits per heavy atom. The molecule has 0 radical (unpaired) electrons. The zero-order valence-corrected chi connectivity index (χ0v) is 11.5. The summed E-state index contributed by atoms with van der Waals surface area (Å²) in [7, 11) is 0. The minimum atomic E-state index is -0.370. The number of hydrogen-bond donors (Lipinski definition) is 1. The van der Waals surface area contributed by atoms with Crippen molar-refractivity contribution < 1.29 is 9.53 Å². The highest BCUT2D eigenvalue weighted by Crippen LogP contribution is 2.15. The molecule has 2 heterocycles. The van der Waals surface area contributed by atoms with Gasteiger partial charge in [-0.05, 0) is 43.7 Å².